The van der Waals surface area contributed by atoms with Crippen molar-refractivity contribution in [1.29, 1.82) is 0 Å². The average molecular weight is 457 g/mol. The fourth-order valence-electron chi connectivity index (χ4n) is 4.00. The van der Waals surface area contributed by atoms with Gasteiger partial charge in [0.05, 0.1) is 16.6 Å². The van der Waals surface area contributed by atoms with Crippen LogP contribution in [0, 0.1) is 6.92 Å². The number of imidazole rings is 1. The first-order valence-corrected chi connectivity index (χ1v) is 11.0. The molecule has 5 rings (SSSR count). The Kier molecular flexibility index (Phi) is 5.48. The van der Waals surface area contributed by atoms with E-state index in [4.69, 9.17) is 16.3 Å². The molecule has 0 radical (unpaired) electrons. The van der Waals surface area contributed by atoms with Gasteiger partial charge in [-0.15, -0.1) is 11.6 Å². The van der Waals surface area contributed by atoms with Crippen LogP contribution < -0.4 is 4.74 Å². The third-order valence-electron chi connectivity index (χ3n) is 5.78. The molecule has 0 aliphatic heterocycles. The Morgan fingerprint density at radius 1 is 1.03 bits per heavy atom. The monoisotopic (exact) mass is 456 g/mol. The maximum Gasteiger partial charge on any atom is 0.336 e. The second-order valence-corrected chi connectivity index (χ2v) is 8.53. The highest BCUT2D eigenvalue weighted by Crippen LogP contribution is 2.35. The molecule has 1 heterocycles. The number of ether oxygens (including phenoxy) is 1. The van der Waals surface area contributed by atoms with Gasteiger partial charge in [-0.25, -0.2) is 4.79 Å². The van der Waals surface area contributed by atoms with Gasteiger partial charge in [0.25, 0.3) is 6.01 Å². The average Bonchev–Trinajstić information content (AvgIpc) is 3.21. The minimum Gasteiger partial charge on any atom is -0.478 e. The van der Waals surface area contributed by atoms with Gasteiger partial charge in [0, 0.05) is 12.1 Å². The summed E-state index contributed by atoms with van der Waals surface area (Å²) in [5.41, 5.74) is 6.91. The van der Waals surface area contributed by atoms with Gasteiger partial charge in [-0.2, -0.15) is 4.98 Å². The number of aromatic amines is 1. The summed E-state index contributed by atoms with van der Waals surface area (Å²) >= 11 is 6.72. The van der Waals surface area contributed by atoms with Crippen molar-refractivity contribution in [3.05, 3.63) is 101 Å². The molecular formula is C27H21ClN2O3. The summed E-state index contributed by atoms with van der Waals surface area (Å²) in [4.78, 5) is 19.1. The van der Waals surface area contributed by atoms with Crippen molar-refractivity contribution in [1.82, 2.24) is 9.97 Å². The number of nitrogens with one attached hydrogen (secondary N) is 1. The van der Waals surface area contributed by atoms with Crippen molar-refractivity contribution in [2.45, 2.75) is 18.7 Å². The molecule has 164 valence electrons. The summed E-state index contributed by atoms with van der Waals surface area (Å²) < 4.78 is 5.82. The van der Waals surface area contributed by atoms with Crippen LogP contribution in [-0.4, -0.2) is 26.4 Å². The molecule has 0 saturated heterocycles. The maximum absolute atomic E-state index is 11.4. The number of hydrogen-bond acceptors (Lipinski definition) is 3. The molecule has 1 aliphatic carbocycles. The summed E-state index contributed by atoms with van der Waals surface area (Å²) in [6, 6.07) is 23.8. The van der Waals surface area contributed by atoms with E-state index in [1.807, 2.05) is 24.3 Å². The number of carboxylic acid groups (broad SMARTS) is 1. The second-order valence-electron chi connectivity index (χ2n) is 8.00. The number of carbonyl (C=O) groups is 1. The number of nitrogens with zero attached hydrogens (tertiary/aromatic N) is 1. The van der Waals surface area contributed by atoms with Gasteiger partial charge in [0.2, 0.25) is 0 Å². The molecule has 0 spiro atoms. The quantitative estimate of drug-likeness (QED) is 0.332. The van der Waals surface area contributed by atoms with Crippen LogP contribution in [0.2, 0.25) is 0 Å². The molecule has 0 fully saturated rings. The van der Waals surface area contributed by atoms with Crippen LogP contribution in [0.4, 0.5) is 0 Å². The molecule has 0 saturated carbocycles. The van der Waals surface area contributed by atoms with Gasteiger partial charge in [-0.1, -0.05) is 60.7 Å². The molecule has 33 heavy (non-hydrogen) atoms. The number of carboxylic acids is 1. The van der Waals surface area contributed by atoms with E-state index < -0.39 is 5.97 Å². The van der Waals surface area contributed by atoms with Crippen LogP contribution in [0.3, 0.4) is 0 Å². The molecule has 1 aromatic heterocycles. The Morgan fingerprint density at radius 2 is 1.73 bits per heavy atom. The fourth-order valence-corrected chi connectivity index (χ4v) is 4.35. The van der Waals surface area contributed by atoms with Gasteiger partial charge in [0.1, 0.15) is 5.75 Å². The number of rotatable bonds is 5. The smallest absolute Gasteiger partial charge is 0.336 e. The summed E-state index contributed by atoms with van der Waals surface area (Å²) in [5.74, 6) is -0.584. The molecule has 0 amide bonds. The minimum absolute atomic E-state index is 0.200. The third-order valence-corrected chi connectivity index (χ3v) is 6.17. The Balaban J connectivity index is 1.40. The van der Waals surface area contributed by atoms with E-state index in [2.05, 4.69) is 46.4 Å². The Hall–Kier alpha value is -3.83. The minimum atomic E-state index is -0.993. The maximum atomic E-state index is 11.4. The molecule has 5 nitrogen and oxygen atoms in total. The number of fused-ring (bicyclic) bond motifs is 1. The molecule has 4 aromatic rings. The summed E-state index contributed by atoms with van der Waals surface area (Å²) in [6.07, 6.45) is 2.57. The summed E-state index contributed by atoms with van der Waals surface area (Å²) in [6.45, 7) is 1.75. The van der Waals surface area contributed by atoms with Crippen LogP contribution in [0.25, 0.3) is 22.8 Å². The highest BCUT2D eigenvalue weighted by molar-refractivity contribution is 6.28. The van der Waals surface area contributed by atoms with Gasteiger partial charge >= 0.3 is 5.97 Å². The standard InChI is InChI=1S/C27H21ClN2O3/c1-16-7-12-20(13-21(16)26(31)32)33-27-29-24-14-22(23(28)15-25(24)30-27)19-10-8-18(9-11-19)17-5-3-2-4-6-17/h2-14,23H,15H2,1H3,(H,29,30)(H,31,32). The number of halogens is 1. The first-order chi connectivity index (χ1) is 16.0. The molecule has 3 aromatic carbocycles. The van der Waals surface area contributed by atoms with Crippen molar-refractivity contribution < 1.29 is 14.6 Å². The number of aromatic carboxylic acids is 1. The van der Waals surface area contributed by atoms with E-state index in [1.165, 1.54) is 11.6 Å². The number of benzene rings is 3. The Labute approximate surface area is 196 Å². The van der Waals surface area contributed by atoms with Crippen molar-refractivity contribution in [3.8, 4) is 22.9 Å². The second kappa shape index (κ2) is 8.60. The van der Waals surface area contributed by atoms with Crippen molar-refractivity contribution in [3.63, 3.8) is 0 Å². The number of alkyl halides is 1. The molecule has 1 unspecified atom stereocenters. The van der Waals surface area contributed by atoms with E-state index >= 15 is 0 Å². The van der Waals surface area contributed by atoms with Crippen molar-refractivity contribution >= 4 is 29.2 Å². The van der Waals surface area contributed by atoms with Crippen LogP contribution in [0.1, 0.15) is 32.9 Å². The summed E-state index contributed by atoms with van der Waals surface area (Å²) in [5, 5.41) is 9.13. The number of allylic oxidation sites excluding steroid dienone is 1. The van der Waals surface area contributed by atoms with E-state index in [0.717, 1.165) is 28.1 Å². The molecule has 0 bridgehead atoms. The molecule has 6 heteroatoms. The van der Waals surface area contributed by atoms with E-state index in [9.17, 15) is 9.90 Å². The van der Waals surface area contributed by atoms with Crippen LogP contribution in [0.15, 0.2) is 72.8 Å². The lowest BCUT2D eigenvalue weighted by atomic mass is 9.92. The van der Waals surface area contributed by atoms with Gasteiger partial charge in [-0.3, -0.25) is 0 Å². The van der Waals surface area contributed by atoms with Crippen LogP contribution >= 0.6 is 11.6 Å². The first kappa shape index (κ1) is 21.0. The van der Waals surface area contributed by atoms with Crippen LogP contribution in [0.5, 0.6) is 11.8 Å². The molecule has 1 atom stereocenters. The largest absolute Gasteiger partial charge is 0.478 e. The Bertz CT molecular complexity index is 1360. The predicted molar refractivity (Wildman–Crippen MR) is 130 cm³/mol. The molecule has 2 N–H and O–H groups in total. The SMILES string of the molecule is Cc1ccc(Oc2nc3c([nH]2)CC(Cl)C(c2ccc(-c4ccccc4)cc2)=C3)cc1C(=O)O. The van der Waals surface area contributed by atoms with E-state index in [-0.39, 0.29) is 10.9 Å². The van der Waals surface area contributed by atoms with E-state index in [0.29, 0.717) is 23.7 Å². The Morgan fingerprint density at radius 3 is 2.45 bits per heavy atom. The highest BCUT2D eigenvalue weighted by atomic mass is 35.5. The van der Waals surface area contributed by atoms with Gasteiger partial charge in [-0.05, 0) is 53.0 Å². The number of aromatic nitrogens is 2. The van der Waals surface area contributed by atoms with Gasteiger partial charge in [0.15, 0.2) is 0 Å². The zero-order valence-electron chi connectivity index (χ0n) is 17.9. The zero-order chi connectivity index (χ0) is 22.9. The fraction of sp³-hybridized carbons (Fsp3) is 0.111. The third kappa shape index (κ3) is 4.28. The van der Waals surface area contributed by atoms with Crippen LogP contribution in [-0.2, 0) is 6.42 Å². The van der Waals surface area contributed by atoms with Crippen molar-refractivity contribution in [2.24, 2.45) is 0 Å². The lowest BCUT2D eigenvalue weighted by Crippen LogP contribution is -2.12. The van der Waals surface area contributed by atoms with Crippen molar-refractivity contribution in [2.75, 3.05) is 0 Å². The van der Waals surface area contributed by atoms with E-state index in [1.54, 1.807) is 19.1 Å². The molecular weight excluding hydrogens is 436 g/mol. The first-order valence-electron chi connectivity index (χ1n) is 10.6. The topological polar surface area (TPSA) is 75.2 Å². The zero-order valence-corrected chi connectivity index (χ0v) is 18.6. The lowest BCUT2D eigenvalue weighted by Gasteiger charge is -2.19. The van der Waals surface area contributed by atoms with Gasteiger partial charge < -0.3 is 14.8 Å². The number of aryl methyl sites for hydroxylation is 1. The number of H-pyrrole nitrogens is 1. The highest BCUT2D eigenvalue weighted by Gasteiger charge is 2.24. The predicted octanol–water partition coefficient (Wildman–Crippen LogP) is 6.58. The normalized spacial score (nSPS) is 15.0. The number of hydrogen-bond donors (Lipinski definition) is 2. The summed E-state index contributed by atoms with van der Waals surface area (Å²) in [7, 11) is 0. The molecule has 1 aliphatic rings. The lowest BCUT2D eigenvalue weighted by molar-refractivity contribution is 0.0695.